The minimum atomic E-state index is -1.35. The molecule has 0 amide bonds. The lowest BCUT2D eigenvalue weighted by Gasteiger charge is -2.22. The quantitative estimate of drug-likeness (QED) is 0.435. The van der Waals surface area contributed by atoms with Crippen LogP contribution in [-0.2, 0) is 25.6 Å². The number of esters is 2. The Labute approximate surface area is 139 Å². The van der Waals surface area contributed by atoms with Crippen molar-refractivity contribution in [1.29, 1.82) is 0 Å². The molecule has 0 saturated heterocycles. The number of ether oxygens (including phenoxy) is 2. The molecule has 0 spiro atoms. The fourth-order valence-corrected chi connectivity index (χ4v) is 2.29. The fraction of sp³-hybridized carbons (Fsp3) is 0.286. The number of rotatable bonds is 6. The molecule has 21 heavy (non-hydrogen) atoms. The Balaban J connectivity index is 2.96. The third kappa shape index (κ3) is 5.17. The van der Waals surface area contributed by atoms with Gasteiger partial charge in [-0.05, 0) is 5.56 Å². The predicted octanol–water partition coefficient (Wildman–Crippen LogP) is 2.49. The zero-order valence-corrected chi connectivity index (χ0v) is 14.7. The maximum atomic E-state index is 11.8. The van der Waals surface area contributed by atoms with Crippen molar-refractivity contribution in [3.05, 3.63) is 47.7 Å². The van der Waals surface area contributed by atoms with Crippen LogP contribution in [0.4, 0.5) is 0 Å². The molecule has 0 aliphatic carbocycles. The van der Waals surface area contributed by atoms with Crippen LogP contribution in [0.5, 0.6) is 0 Å². The van der Waals surface area contributed by atoms with Crippen molar-refractivity contribution in [2.24, 2.45) is 0 Å². The second-order valence-electron chi connectivity index (χ2n) is 3.99. The summed E-state index contributed by atoms with van der Waals surface area (Å²) >= 11 is 6.42. The molecule has 0 atom stereocenters. The first kappa shape index (κ1) is 17.7. The first-order chi connectivity index (χ1) is 9.91. The zero-order valence-electron chi connectivity index (χ0n) is 11.6. The van der Waals surface area contributed by atoms with Gasteiger partial charge in [0, 0.05) is 12.6 Å². The summed E-state index contributed by atoms with van der Waals surface area (Å²) in [6.45, 7) is 0.430. The summed E-state index contributed by atoms with van der Waals surface area (Å²) in [5.74, 6) is -1.18. The molecule has 0 saturated carbocycles. The lowest BCUT2D eigenvalue weighted by atomic mass is 10.2. The molecule has 0 heterocycles. The number of carbonyl (C=O) groups excluding carboxylic acids is 2. The molecule has 1 N–H and O–H groups in total. The number of carbonyl (C=O) groups is 2. The van der Waals surface area contributed by atoms with E-state index < -0.39 is 15.2 Å². The number of hydrogen-bond acceptors (Lipinski definition) is 5. The summed E-state index contributed by atoms with van der Waals surface area (Å²) in [6, 6.07) is 9.55. The van der Waals surface area contributed by atoms with Gasteiger partial charge in [-0.2, -0.15) is 0 Å². The highest BCUT2D eigenvalue weighted by Crippen LogP contribution is 2.34. The largest absolute Gasteiger partial charge is 0.467 e. The minimum Gasteiger partial charge on any atom is -0.467 e. The summed E-state index contributed by atoms with van der Waals surface area (Å²) in [6.07, 6.45) is 1.18. The fourth-order valence-electron chi connectivity index (χ4n) is 1.46. The van der Waals surface area contributed by atoms with E-state index in [1.54, 1.807) is 0 Å². The van der Waals surface area contributed by atoms with Gasteiger partial charge in [-0.25, -0.2) is 9.59 Å². The highest BCUT2D eigenvalue weighted by molar-refractivity contribution is 9.26. The van der Waals surface area contributed by atoms with E-state index in [0.717, 1.165) is 5.56 Å². The van der Waals surface area contributed by atoms with Gasteiger partial charge in [0.1, 0.15) is 0 Å². The van der Waals surface area contributed by atoms with Crippen molar-refractivity contribution in [2.75, 3.05) is 14.2 Å². The average molecular weight is 421 g/mol. The molecule has 5 nitrogen and oxygen atoms in total. The van der Waals surface area contributed by atoms with Crippen LogP contribution in [0.15, 0.2) is 42.1 Å². The second kappa shape index (κ2) is 8.19. The van der Waals surface area contributed by atoms with E-state index in [-0.39, 0.29) is 5.70 Å². The van der Waals surface area contributed by atoms with Gasteiger partial charge in [0.05, 0.1) is 19.9 Å². The Morgan fingerprint density at radius 1 is 1.19 bits per heavy atom. The smallest absolute Gasteiger partial charge is 0.339 e. The van der Waals surface area contributed by atoms with Crippen molar-refractivity contribution in [2.45, 2.75) is 9.78 Å². The van der Waals surface area contributed by atoms with Crippen LogP contribution in [0.1, 0.15) is 5.56 Å². The average Bonchev–Trinajstić information content (AvgIpc) is 2.50. The lowest BCUT2D eigenvalue weighted by Crippen LogP contribution is -2.36. The van der Waals surface area contributed by atoms with Gasteiger partial charge >= 0.3 is 11.9 Å². The first-order valence-corrected chi connectivity index (χ1v) is 7.54. The van der Waals surface area contributed by atoms with Crippen molar-refractivity contribution in [1.82, 2.24) is 5.32 Å². The van der Waals surface area contributed by atoms with E-state index in [1.165, 1.54) is 20.3 Å². The molecule has 0 unspecified atom stereocenters. The number of benzene rings is 1. The van der Waals surface area contributed by atoms with Crippen LogP contribution >= 0.6 is 31.9 Å². The van der Waals surface area contributed by atoms with Crippen LogP contribution in [-0.4, -0.2) is 29.4 Å². The Morgan fingerprint density at radius 2 is 1.81 bits per heavy atom. The van der Waals surface area contributed by atoms with Crippen LogP contribution in [0.25, 0.3) is 0 Å². The van der Waals surface area contributed by atoms with Crippen LogP contribution in [0, 0.1) is 0 Å². The van der Waals surface area contributed by atoms with Crippen LogP contribution in [0.2, 0.25) is 0 Å². The van der Waals surface area contributed by atoms with Crippen molar-refractivity contribution in [3.63, 3.8) is 0 Å². The molecule has 0 aromatic heterocycles. The van der Waals surface area contributed by atoms with E-state index in [9.17, 15) is 9.59 Å². The number of halogens is 2. The Bertz CT molecular complexity index is 529. The molecule has 0 aliphatic heterocycles. The van der Waals surface area contributed by atoms with Crippen molar-refractivity contribution < 1.29 is 19.1 Å². The molecule has 0 radical (unpaired) electrons. The SMILES string of the molecule is COC(=O)/C=C(\NCc1ccccc1)C(Br)(Br)C(=O)OC. The van der Waals surface area contributed by atoms with Gasteiger partial charge in [-0.3, -0.25) is 0 Å². The molecule has 0 aliphatic rings. The van der Waals surface area contributed by atoms with E-state index in [0.29, 0.717) is 6.54 Å². The number of alkyl halides is 2. The molecule has 7 heteroatoms. The highest BCUT2D eigenvalue weighted by atomic mass is 79.9. The summed E-state index contributed by atoms with van der Waals surface area (Å²) in [5, 5.41) is 3.02. The third-order valence-corrected chi connectivity index (χ3v) is 4.07. The zero-order chi connectivity index (χ0) is 15.9. The van der Waals surface area contributed by atoms with Crippen molar-refractivity contribution in [3.8, 4) is 0 Å². The predicted molar refractivity (Wildman–Crippen MR) is 86.0 cm³/mol. The van der Waals surface area contributed by atoms with E-state index in [1.807, 2.05) is 30.3 Å². The molecule has 1 aromatic rings. The monoisotopic (exact) mass is 419 g/mol. The summed E-state index contributed by atoms with van der Waals surface area (Å²) < 4.78 is 7.94. The van der Waals surface area contributed by atoms with E-state index in [2.05, 4.69) is 41.9 Å². The Morgan fingerprint density at radius 3 is 2.33 bits per heavy atom. The van der Waals surface area contributed by atoms with Gasteiger partial charge in [-0.1, -0.05) is 62.2 Å². The van der Waals surface area contributed by atoms with E-state index >= 15 is 0 Å². The minimum absolute atomic E-state index is 0.282. The van der Waals surface area contributed by atoms with Gasteiger partial charge in [0.15, 0.2) is 0 Å². The van der Waals surface area contributed by atoms with Gasteiger partial charge in [-0.15, -0.1) is 0 Å². The summed E-state index contributed by atoms with van der Waals surface area (Å²) in [4.78, 5) is 23.3. The van der Waals surface area contributed by atoms with Crippen molar-refractivity contribution >= 4 is 43.8 Å². The van der Waals surface area contributed by atoms with E-state index in [4.69, 9.17) is 4.74 Å². The molecule has 114 valence electrons. The summed E-state index contributed by atoms with van der Waals surface area (Å²) in [5.41, 5.74) is 1.28. The first-order valence-electron chi connectivity index (χ1n) is 5.96. The standard InChI is InChI=1S/C14H15Br2NO4/c1-20-12(18)8-11(14(15,16)13(19)21-2)17-9-10-6-4-3-5-7-10/h3-8,17H,9H2,1-2H3/b11-8-. The molecule has 1 aromatic carbocycles. The topological polar surface area (TPSA) is 64.6 Å². The van der Waals surface area contributed by atoms with Gasteiger partial charge < -0.3 is 14.8 Å². The number of methoxy groups -OCH3 is 2. The van der Waals surface area contributed by atoms with Gasteiger partial charge in [0.25, 0.3) is 0 Å². The third-order valence-electron chi connectivity index (χ3n) is 2.57. The maximum Gasteiger partial charge on any atom is 0.339 e. The van der Waals surface area contributed by atoms with Gasteiger partial charge in [0.2, 0.25) is 3.23 Å². The normalized spacial score (nSPS) is 11.7. The second-order valence-corrected chi connectivity index (χ2v) is 7.43. The Kier molecular flexibility index (Phi) is 6.91. The highest BCUT2D eigenvalue weighted by Gasteiger charge is 2.38. The Hall–Kier alpha value is -1.34. The molecular weight excluding hydrogens is 406 g/mol. The van der Waals surface area contributed by atoms with Crippen LogP contribution in [0.3, 0.4) is 0 Å². The maximum absolute atomic E-state index is 11.8. The van der Waals surface area contributed by atoms with Crippen LogP contribution < -0.4 is 5.32 Å². The number of nitrogens with one attached hydrogen (secondary N) is 1. The number of hydrogen-bond donors (Lipinski definition) is 1. The summed E-state index contributed by atoms with van der Waals surface area (Å²) in [7, 11) is 2.52. The molecule has 0 fully saturated rings. The molecule has 1 rings (SSSR count). The molecular formula is C14H15Br2NO4. The lowest BCUT2D eigenvalue weighted by molar-refractivity contribution is -0.139. The molecule has 0 bridgehead atoms.